The summed E-state index contributed by atoms with van der Waals surface area (Å²) in [6.45, 7) is 4.20. The van der Waals surface area contributed by atoms with Gasteiger partial charge in [0.2, 0.25) is 0 Å². The highest BCUT2D eigenvalue weighted by Crippen LogP contribution is 2.30. The van der Waals surface area contributed by atoms with Gasteiger partial charge in [0.25, 0.3) is 0 Å². The molecule has 0 spiro atoms. The highest BCUT2D eigenvalue weighted by atomic mass is 16.6. The smallest absolute Gasteiger partial charge is 0.169 e. The van der Waals surface area contributed by atoms with Crippen LogP contribution < -0.4 is 5.73 Å². The van der Waals surface area contributed by atoms with E-state index in [1.165, 1.54) is 5.56 Å². The van der Waals surface area contributed by atoms with Crippen LogP contribution in [0.4, 0.5) is 0 Å². The molecule has 1 aliphatic rings. The number of rotatable bonds is 5. The molecular weight excluding hydrogens is 242 g/mol. The summed E-state index contributed by atoms with van der Waals surface area (Å²) in [6.07, 6.45) is 4.88. The van der Waals surface area contributed by atoms with E-state index >= 15 is 0 Å². The molecule has 19 heavy (non-hydrogen) atoms. The third-order valence-electron chi connectivity index (χ3n) is 3.01. The molecule has 104 valence electrons. The molecule has 2 rings (SSSR count). The maximum atomic E-state index is 5.74. The first-order valence-corrected chi connectivity index (χ1v) is 6.70. The molecule has 1 heterocycles. The summed E-state index contributed by atoms with van der Waals surface area (Å²) >= 11 is 0. The summed E-state index contributed by atoms with van der Waals surface area (Å²) in [7, 11) is 0. The van der Waals surface area contributed by atoms with Gasteiger partial charge < -0.3 is 15.3 Å². The lowest BCUT2D eigenvalue weighted by molar-refractivity contribution is 0.0387. The molecule has 0 aliphatic heterocycles. The van der Waals surface area contributed by atoms with Gasteiger partial charge >= 0.3 is 0 Å². The molecule has 1 aromatic heterocycles. The Morgan fingerprint density at radius 2 is 2.42 bits per heavy atom. The molecule has 1 aromatic rings. The minimum absolute atomic E-state index is 0.0949. The first-order valence-electron chi connectivity index (χ1n) is 6.70. The van der Waals surface area contributed by atoms with E-state index in [0.29, 0.717) is 12.4 Å². The number of oxime groups is 1. The van der Waals surface area contributed by atoms with Crippen LogP contribution in [0.15, 0.2) is 23.5 Å². The van der Waals surface area contributed by atoms with Crippen LogP contribution in [0.3, 0.4) is 0 Å². The number of hydrogen-bond donors (Lipinski definition) is 1. The topological polar surface area (TPSA) is 69.7 Å². The third kappa shape index (κ3) is 3.92. The lowest BCUT2D eigenvalue weighted by Crippen LogP contribution is -2.23. The molecular formula is C14H21N3O2. The van der Waals surface area contributed by atoms with E-state index in [4.69, 9.17) is 15.3 Å². The molecule has 0 saturated heterocycles. The van der Waals surface area contributed by atoms with E-state index in [1.54, 1.807) is 6.20 Å². The second kappa shape index (κ2) is 6.52. The number of pyridine rings is 1. The van der Waals surface area contributed by atoms with Crippen molar-refractivity contribution in [3.05, 3.63) is 29.6 Å². The number of nitrogens with two attached hydrogens (primary N) is 1. The van der Waals surface area contributed by atoms with Crippen LogP contribution in [0, 0.1) is 0 Å². The van der Waals surface area contributed by atoms with Gasteiger partial charge in [0, 0.05) is 6.20 Å². The Morgan fingerprint density at radius 3 is 3.21 bits per heavy atom. The van der Waals surface area contributed by atoms with Crippen molar-refractivity contribution in [2.24, 2.45) is 10.9 Å². The summed E-state index contributed by atoms with van der Waals surface area (Å²) in [5, 5.41) is 3.95. The van der Waals surface area contributed by atoms with E-state index in [0.717, 1.165) is 25.0 Å². The highest BCUT2D eigenvalue weighted by molar-refractivity contribution is 5.80. The van der Waals surface area contributed by atoms with E-state index < -0.39 is 0 Å². The first kappa shape index (κ1) is 13.8. The summed E-state index contributed by atoms with van der Waals surface area (Å²) in [5.74, 6) is 0.358. The molecule has 0 radical (unpaired) electrons. The van der Waals surface area contributed by atoms with Crippen molar-refractivity contribution in [1.82, 2.24) is 4.98 Å². The first-order chi connectivity index (χ1) is 9.16. The monoisotopic (exact) mass is 263 g/mol. The number of aryl methyl sites for hydroxylation is 1. The SMILES string of the molecule is CC(C)OCC(N)=NOC1CCCc2cccnc21. The largest absolute Gasteiger partial charge is 0.384 e. The fraction of sp³-hybridized carbons (Fsp3) is 0.571. The molecule has 1 unspecified atom stereocenters. The summed E-state index contributed by atoms with van der Waals surface area (Å²) < 4.78 is 5.36. The summed E-state index contributed by atoms with van der Waals surface area (Å²) in [6, 6.07) is 4.04. The van der Waals surface area contributed by atoms with Crippen molar-refractivity contribution in [2.75, 3.05) is 6.61 Å². The van der Waals surface area contributed by atoms with Crippen molar-refractivity contribution in [3.63, 3.8) is 0 Å². The molecule has 5 heteroatoms. The zero-order valence-corrected chi connectivity index (χ0v) is 11.5. The van der Waals surface area contributed by atoms with Gasteiger partial charge in [-0.25, -0.2) is 0 Å². The van der Waals surface area contributed by atoms with Crippen molar-refractivity contribution >= 4 is 5.84 Å². The van der Waals surface area contributed by atoms with Crippen molar-refractivity contribution in [3.8, 4) is 0 Å². The summed E-state index contributed by atoms with van der Waals surface area (Å²) in [5.41, 5.74) is 7.96. The minimum Gasteiger partial charge on any atom is -0.384 e. The van der Waals surface area contributed by atoms with Crippen molar-refractivity contribution < 1.29 is 9.57 Å². The number of aromatic nitrogens is 1. The molecule has 1 atom stereocenters. The predicted molar refractivity (Wildman–Crippen MR) is 73.7 cm³/mol. The minimum atomic E-state index is -0.0949. The Bertz CT molecular complexity index is 446. The van der Waals surface area contributed by atoms with Crippen molar-refractivity contribution in [1.29, 1.82) is 0 Å². The van der Waals surface area contributed by atoms with Gasteiger partial charge in [0.15, 0.2) is 11.9 Å². The van der Waals surface area contributed by atoms with Gasteiger partial charge in [-0.05, 0) is 44.7 Å². The van der Waals surface area contributed by atoms with Crippen LogP contribution in [-0.4, -0.2) is 23.5 Å². The Kier molecular flexibility index (Phi) is 4.74. The van der Waals surface area contributed by atoms with Gasteiger partial charge in [-0.3, -0.25) is 4.98 Å². The van der Waals surface area contributed by atoms with Crippen LogP contribution in [0.1, 0.15) is 44.1 Å². The maximum absolute atomic E-state index is 5.74. The standard InChI is InChI=1S/C14H21N3O2/c1-10(2)18-9-13(15)17-19-12-7-3-5-11-6-4-8-16-14(11)12/h4,6,8,10,12H,3,5,7,9H2,1-2H3,(H2,15,17). The van der Waals surface area contributed by atoms with E-state index in [9.17, 15) is 0 Å². The van der Waals surface area contributed by atoms with Crippen LogP contribution >= 0.6 is 0 Å². The average Bonchev–Trinajstić information content (AvgIpc) is 2.42. The van der Waals surface area contributed by atoms with Gasteiger partial charge in [0.05, 0.1) is 11.8 Å². The van der Waals surface area contributed by atoms with Gasteiger partial charge in [-0.2, -0.15) is 0 Å². The molecule has 2 N–H and O–H groups in total. The second-order valence-corrected chi connectivity index (χ2v) is 4.98. The molecule has 5 nitrogen and oxygen atoms in total. The van der Waals surface area contributed by atoms with Gasteiger partial charge in [-0.15, -0.1) is 0 Å². The summed E-state index contributed by atoms with van der Waals surface area (Å²) in [4.78, 5) is 9.91. The second-order valence-electron chi connectivity index (χ2n) is 4.98. The van der Waals surface area contributed by atoms with Crippen LogP contribution in [0.2, 0.25) is 0 Å². The molecule has 0 fully saturated rings. The van der Waals surface area contributed by atoms with E-state index in [1.807, 2.05) is 19.9 Å². The zero-order valence-electron chi connectivity index (χ0n) is 11.5. The lowest BCUT2D eigenvalue weighted by Gasteiger charge is -2.22. The zero-order chi connectivity index (χ0) is 13.7. The third-order valence-corrected chi connectivity index (χ3v) is 3.01. The Morgan fingerprint density at radius 1 is 1.58 bits per heavy atom. The quantitative estimate of drug-likeness (QED) is 0.502. The predicted octanol–water partition coefficient (Wildman–Crippen LogP) is 2.17. The highest BCUT2D eigenvalue weighted by Gasteiger charge is 2.22. The maximum Gasteiger partial charge on any atom is 0.169 e. The normalized spacial score (nSPS) is 19.3. The Labute approximate surface area is 113 Å². The average molecular weight is 263 g/mol. The van der Waals surface area contributed by atoms with Crippen LogP contribution in [-0.2, 0) is 16.0 Å². The lowest BCUT2D eigenvalue weighted by atomic mass is 9.94. The number of hydrogen-bond acceptors (Lipinski definition) is 4. The Balaban J connectivity index is 1.95. The van der Waals surface area contributed by atoms with E-state index in [-0.39, 0.29) is 12.2 Å². The molecule has 0 saturated carbocycles. The molecule has 1 aliphatic carbocycles. The van der Waals surface area contributed by atoms with Crippen molar-refractivity contribution in [2.45, 2.75) is 45.3 Å². The molecule has 0 aromatic carbocycles. The fourth-order valence-corrected chi connectivity index (χ4v) is 2.08. The number of fused-ring (bicyclic) bond motifs is 1. The number of ether oxygens (including phenoxy) is 1. The number of amidine groups is 1. The Hall–Kier alpha value is -1.62. The number of nitrogens with zero attached hydrogens (tertiary/aromatic N) is 2. The van der Waals surface area contributed by atoms with Crippen LogP contribution in [0.5, 0.6) is 0 Å². The van der Waals surface area contributed by atoms with Gasteiger partial charge in [-0.1, -0.05) is 11.2 Å². The molecule has 0 bridgehead atoms. The van der Waals surface area contributed by atoms with Gasteiger partial charge in [0.1, 0.15) is 6.61 Å². The van der Waals surface area contributed by atoms with Crippen LogP contribution in [0.25, 0.3) is 0 Å². The molecule has 0 amide bonds. The van der Waals surface area contributed by atoms with E-state index in [2.05, 4.69) is 16.2 Å². The fourth-order valence-electron chi connectivity index (χ4n) is 2.08.